The number of hydrogen-bond donors (Lipinski definition) is 2. The second-order valence-corrected chi connectivity index (χ2v) is 10.9. The Hall–Kier alpha value is -2.86. The number of ketones is 1. The molecule has 1 atom stereocenters. The van der Waals surface area contributed by atoms with Gasteiger partial charge in [-0.05, 0) is 42.3 Å². The standard InChI is InChI=1S/C21H22N4O5S2/c1-13(2)19(17(27)12-26)25-11-15-10-18(31-21(15)32(25,29)30)23-20(28)14-4-6-16(7-5-14)24-9-3-8-22-24/h3-10,13,19,26H,11-12H2,1-2H3,(H,23,28). The van der Waals surface area contributed by atoms with Crippen molar-refractivity contribution in [2.75, 3.05) is 11.9 Å². The molecule has 0 bridgehead atoms. The average molecular weight is 475 g/mol. The summed E-state index contributed by atoms with van der Waals surface area (Å²) in [7, 11) is -3.90. The van der Waals surface area contributed by atoms with Gasteiger partial charge in [0.2, 0.25) is 0 Å². The highest BCUT2D eigenvalue weighted by atomic mass is 32.2. The van der Waals surface area contributed by atoms with Crippen LogP contribution in [-0.4, -0.2) is 51.9 Å². The van der Waals surface area contributed by atoms with E-state index in [1.807, 2.05) is 0 Å². The number of aliphatic hydroxyl groups excluding tert-OH is 1. The molecule has 1 aromatic carbocycles. The summed E-state index contributed by atoms with van der Waals surface area (Å²) in [5, 5.41) is 16.6. The van der Waals surface area contributed by atoms with Crippen LogP contribution in [0, 0.1) is 5.92 Å². The SMILES string of the molecule is CC(C)C(C(=O)CO)N1Cc2cc(NC(=O)c3ccc(-n4cccn4)cc3)sc2S1(=O)=O. The summed E-state index contributed by atoms with van der Waals surface area (Å²) >= 11 is 0.956. The summed E-state index contributed by atoms with van der Waals surface area (Å²) in [4.78, 5) is 24.8. The lowest BCUT2D eigenvalue weighted by Crippen LogP contribution is -2.46. The molecular weight excluding hydrogens is 452 g/mol. The zero-order valence-electron chi connectivity index (χ0n) is 17.4. The van der Waals surface area contributed by atoms with Gasteiger partial charge in [-0.2, -0.15) is 9.40 Å². The molecule has 32 heavy (non-hydrogen) atoms. The summed E-state index contributed by atoms with van der Waals surface area (Å²) in [6.45, 7) is 2.78. The number of carbonyl (C=O) groups excluding carboxylic acids is 2. The van der Waals surface area contributed by atoms with Gasteiger partial charge in [-0.1, -0.05) is 13.8 Å². The highest BCUT2D eigenvalue weighted by Gasteiger charge is 2.44. The summed E-state index contributed by atoms with van der Waals surface area (Å²) < 4.78 is 29.0. The minimum atomic E-state index is -3.90. The smallest absolute Gasteiger partial charge is 0.256 e. The summed E-state index contributed by atoms with van der Waals surface area (Å²) in [5.41, 5.74) is 1.76. The second-order valence-electron chi connectivity index (χ2n) is 7.74. The fraction of sp³-hybridized carbons (Fsp3) is 0.286. The van der Waals surface area contributed by atoms with E-state index in [0.717, 1.165) is 21.3 Å². The van der Waals surface area contributed by atoms with Crippen LogP contribution in [-0.2, 0) is 21.4 Å². The maximum atomic E-state index is 13.1. The van der Waals surface area contributed by atoms with Gasteiger partial charge in [-0.15, -0.1) is 11.3 Å². The first kappa shape index (κ1) is 22.3. The molecule has 168 valence electrons. The maximum Gasteiger partial charge on any atom is 0.256 e. The zero-order valence-corrected chi connectivity index (χ0v) is 19.1. The average Bonchev–Trinajstić information content (AvgIpc) is 3.47. The van der Waals surface area contributed by atoms with E-state index < -0.39 is 28.5 Å². The Morgan fingerprint density at radius 1 is 1.25 bits per heavy atom. The number of thiophene rings is 1. The van der Waals surface area contributed by atoms with Crippen LogP contribution >= 0.6 is 11.3 Å². The van der Waals surface area contributed by atoms with E-state index in [4.69, 9.17) is 0 Å². The normalized spacial score (nSPS) is 16.1. The van der Waals surface area contributed by atoms with Crippen molar-refractivity contribution in [1.29, 1.82) is 0 Å². The molecule has 1 aliphatic heterocycles. The van der Waals surface area contributed by atoms with Gasteiger partial charge in [-0.25, -0.2) is 13.1 Å². The number of aliphatic hydroxyl groups is 1. The van der Waals surface area contributed by atoms with Crippen LogP contribution in [0.25, 0.3) is 5.69 Å². The number of nitrogens with one attached hydrogen (secondary N) is 1. The number of sulfonamides is 1. The quantitative estimate of drug-likeness (QED) is 0.542. The van der Waals surface area contributed by atoms with E-state index in [2.05, 4.69) is 10.4 Å². The van der Waals surface area contributed by atoms with E-state index in [9.17, 15) is 23.1 Å². The van der Waals surface area contributed by atoms with E-state index in [-0.39, 0.29) is 22.6 Å². The molecule has 9 nitrogen and oxygen atoms in total. The number of amides is 1. The Balaban J connectivity index is 1.51. The number of Topliss-reactive ketones (excluding diaryl/α,β-unsaturated/α-hetero) is 1. The van der Waals surface area contributed by atoms with Gasteiger partial charge in [0.05, 0.1) is 16.7 Å². The zero-order chi connectivity index (χ0) is 23.0. The van der Waals surface area contributed by atoms with Crippen LogP contribution in [0.4, 0.5) is 5.00 Å². The van der Waals surface area contributed by atoms with Crippen molar-refractivity contribution in [3.63, 3.8) is 0 Å². The number of aromatic nitrogens is 2. The molecule has 0 saturated heterocycles. The van der Waals surface area contributed by atoms with Crippen LogP contribution in [0.1, 0.15) is 29.8 Å². The third kappa shape index (κ3) is 3.99. The first-order valence-electron chi connectivity index (χ1n) is 9.92. The van der Waals surface area contributed by atoms with Gasteiger partial charge in [-0.3, -0.25) is 9.59 Å². The lowest BCUT2D eigenvalue weighted by Gasteiger charge is -2.27. The number of fused-ring (bicyclic) bond motifs is 1. The van der Waals surface area contributed by atoms with Crippen LogP contribution in [0.2, 0.25) is 0 Å². The molecule has 0 fully saturated rings. The van der Waals surface area contributed by atoms with Crippen molar-refractivity contribution in [2.45, 2.75) is 30.6 Å². The molecular formula is C21H22N4O5S2. The summed E-state index contributed by atoms with van der Waals surface area (Å²) in [5.74, 6) is -1.19. The minimum absolute atomic E-state index is 0.0250. The van der Waals surface area contributed by atoms with Gasteiger partial charge < -0.3 is 10.4 Å². The Morgan fingerprint density at radius 2 is 1.97 bits per heavy atom. The van der Waals surface area contributed by atoms with Crippen LogP contribution in [0.5, 0.6) is 0 Å². The van der Waals surface area contributed by atoms with Gasteiger partial charge in [0, 0.05) is 30.1 Å². The molecule has 2 N–H and O–H groups in total. The highest BCUT2D eigenvalue weighted by molar-refractivity contribution is 7.91. The molecule has 0 aliphatic carbocycles. The minimum Gasteiger partial charge on any atom is -0.389 e. The fourth-order valence-corrected chi connectivity index (χ4v) is 7.15. The van der Waals surface area contributed by atoms with Crippen molar-refractivity contribution < 1.29 is 23.1 Å². The lowest BCUT2D eigenvalue weighted by atomic mass is 10.00. The summed E-state index contributed by atoms with van der Waals surface area (Å²) in [6.07, 6.45) is 3.46. The molecule has 0 spiro atoms. The monoisotopic (exact) mass is 474 g/mol. The fourth-order valence-electron chi connectivity index (χ4n) is 3.74. The molecule has 4 rings (SSSR count). The molecule has 1 unspecified atom stereocenters. The van der Waals surface area contributed by atoms with Crippen molar-refractivity contribution in [1.82, 2.24) is 14.1 Å². The molecule has 3 heterocycles. The van der Waals surface area contributed by atoms with Crippen molar-refractivity contribution >= 4 is 38.1 Å². The first-order chi connectivity index (χ1) is 15.2. The summed E-state index contributed by atoms with van der Waals surface area (Å²) in [6, 6.07) is 9.35. The van der Waals surface area contributed by atoms with Crippen LogP contribution in [0.15, 0.2) is 53.0 Å². The van der Waals surface area contributed by atoms with E-state index in [1.165, 1.54) is 0 Å². The van der Waals surface area contributed by atoms with Gasteiger partial charge in [0.15, 0.2) is 5.78 Å². The Labute approximate surface area is 189 Å². The van der Waals surface area contributed by atoms with Gasteiger partial charge in [0.25, 0.3) is 15.9 Å². The molecule has 0 radical (unpaired) electrons. The molecule has 1 aliphatic rings. The predicted octanol–water partition coefficient (Wildman–Crippen LogP) is 2.28. The number of hydrogen-bond acceptors (Lipinski definition) is 7. The van der Waals surface area contributed by atoms with Crippen molar-refractivity contribution in [2.24, 2.45) is 5.92 Å². The van der Waals surface area contributed by atoms with E-state index in [1.54, 1.807) is 67.3 Å². The van der Waals surface area contributed by atoms with Gasteiger partial charge >= 0.3 is 0 Å². The highest BCUT2D eigenvalue weighted by Crippen LogP contribution is 2.41. The number of nitrogens with zero attached hydrogens (tertiary/aromatic N) is 3. The largest absolute Gasteiger partial charge is 0.389 e. The molecule has 0 saturated carbocycles. The number of carbonyl (C=O) groups is 2. The molecule has 1 amide bonds. The molecule has 2 aromatic heterocycles. The Bertz CT molecular complexity index is 1250. The van der Waals surface area contributed by atoms with Gasteiger partial charge in [0.1, 0.15) is 10.8 Å². The third-order valence-corrected chi connectivity index (χ3v) is 8.68. The molecule has 11 heteroatoms. The van der Waals surface area contributed by atoms with Crippen LogP contribution < -0.4 is 5.32 Å². The van der Waals surface area contributed by atoms with Crippen molar-refractivity contribution in [3.8, 4) is 5.69 Å². The number of benzene rings is 1. The third-order valence-electron chi connectivity index (χ3n) is 5.20. The van der Waals surface area contributed by atoms with E-state index in [0.29, 0.717) is 16.1 Å². The van der Waals surface area contributed by atoms with Crippen molar-refractivity contribution in [3.05, 3.63) is 59.9 Å². The predicted molar refractivity (Wildman–Crippen MR) is 119 cm³/mol. The lowest BCUT2D eigenvalue weighted by molar-refractivity contribution is -0.126. The molecule has 3 aromatic rings. The first-order valence-corrected chi connectivity index (χ1v) is 12.2. The Kier molecular flexibility index (Phi) is 5.99. The Morgan fingerprint density at radius 3 is 2.53 bits per heavy atom. The number of rotatable bonds is 7. The maximum absolute atomic E-state index is 13.1. The number of anilines is 1. The topological polar surface area (TPSA) is 122 Å². The second kappa shape index (κ2) is 8.58. The van der Waals surface area contributed by atoms with E-state index >= 15 is 0 Å². The van der Waals surface area contributed by atoms with Crippen LogP contribution in [0.3, 0.4) is 0 Å².